The van der Waals surface area contributed by atoms with Crippen molar-refractivity contribution in [1.82, 2.24) is 13.9 Å². The monoisotopic (exact) mass is 441 g/mol. The summed E-state index contributed by atoms with van der Waals surface area (Å²) in [4.78, 5) is 4.80. The minimum atomic E-state index is -3.60. The molecule has 1 fully saturated rings. The van der Waals surface area contributed by atoms with Crippen LogP contribution in [-0.4, -0.2) is 28.8 Å². The lowest BCUT2D eigenvalue weighted by atomic mass is 10.2. The first kappa shape index (κ1) is 19.4. The Labute approximate surface area is 178 Å². The molecule has 5 rings (SSSR count). The van der Waals surface area contributed by atoms with Gasteiger partial charge in [0.05, 0.1) is 23.6 Å². The Morgan fingerprint density at radius 2 is 1.87 bits per heavy atom. The summed E-state index contributed by atoms with van der Waals surface area (Å²) in [6.45, 7) is 0.750. The Bertz CT molecular complexity index is 1300. The van der Waals surface area contributed by atoms with E-state index in [9.17, 15) is 12.8 Å². The first-order valence-corrected chi connectivity index (χ1v) is 12.1. The first-order valence-electron chi connectivity index (χ1n) is 9.79. The number of aromatic nitrogens is 2. The molecule has 5 nitrogen and oxygen atoms in total. The number of para-hydroxylation sites is 2. The molecule has 2 aromatic carbocycles. The van der Waals surface area contributed by atoms with Crippen molar-refractivity contribution in [3.63, 3.8) is 0 Å². The van der Waals surface area contributed by atoms with Crippen molar-refractivity contribution in [2.45, 2.75) is 29.6 Å². The average Bonchev–Trinajstić information content (AvgIpc) is 3.50. The molecule has 8 heteroatoms. The van der Waals surface area contributed by atoms with Gasteiger partial charge in [-0.15, -0.1) is 11.3 Å². The van der Waals surface area contributed by atoms with E-state index in [0.717, 1.165) is 17.5 Å². The predicted molar refractivity (Wildman–Crippen MR) is 115 cm³/mol. The first-order chi connectivity index (χ1) is 14.6. The zero-order chi connectivity index (χ0) is 20.7. The zero-order valence-corrected chi connectivity index (χ0v) is 17.7. The van der Waals surface area contributed by atoms with Gasteiger partial charge in [-0.25, -0.2) is 17.8 Å². The van der Waals surface area contributed by atoms with Crippen LogP contribution in [0, 0.1) is 5.82 Å². The van der Waals surface area contributed by atoms with Gasteiger partial charge in [0, 0.05) is 12.1 Å². The summed E-state index contributed by atoms with van der Waals surface area (Å²) < 4.78 is 44.8. The number of hydrogen-bond donors (Lipinski definition) is 0. The molecular formula is C22H20FN3O2S2. The average molecular weight is 442 g/mol. The molecule has 1 saturated heterocycles. The van der Waals surface area contributed by atoms with Crippen LogP contribution in [0.1, 0.15) is 30.3 Å². The largest absolute Gasteiger partial charge is 0.322 e. The third kappa shape index (κ3) is 3.25. The molecule has 154 valence electrons. The molecule has 3 heterocycles. The third-order valence-corrected chi connectivity index (χ3v) is 8.81. The SMILES string of the molecule is O=S(=O)(c1cccs1)N1CCC[C@H]1c1nc2ccccc2n1Cc1ccccc1F. The molecule has 0 N–H and O–H groups in total. The molecule has 0 aliphatic carbocycles. The van der Waals surface area contributed by atoms with E-state index in [0.29, 0.717) is 35.1 Å². The van der Waals surface area contributed by atoms with E-state index < -0.39 is 10.0 Å². The van der Waals surface area contributed by atoms with Gasteiger partial charge in [-0.2, -0.15) is 4.31 Å². The maximum atomic E-state index is 14.4. The lowest BCUT2D eigenvalue weighted by Gasteiger charge is -2.24. The Morgan fingerprint density at radius 3 is 2.67 bits per heavy atom. The molecule has 0 amide bonds. The van der Waals surface area contributed by atoms with Crippen LogP contribution in [-0.2, 0) is 16.6 Å². The summed E-state index contributed by atoms with van der Waals surface area (Å²) in [6, 6.07) is 17.3. The molecule has 2 aromatic heterocycles. The van der Waals surface area contributed by atoms with Crippen LogP contribution in [0.5, 0.6) is 0 Å². The Kier molecular flexibility index (Phi) is 4.92. The van der Waals surface area contributed by atoms with E-state index in [2.05, 4.69) is 0 Å². The van der Waals surface area contributed by atoms with Crippen LogP contribution in [0.4, 0.5) is 4.39 Å². The van der Waals surface area contributed by atoms with Crippen molar-refractivity contribution in [2.24, 2.45) is 0 Å². The minimum absolute atomic E-state index is 0.282. The molecule has 0 spiro atoms. The van der Waals surface area contributed by atoms with Gasteiger partial charge in [0.1, 0.15) is 15.9 Å². The number of sulfonamides is 1. The summed E-state index contributed by atoms with van der Waals surface area (Å²) in [5, 5.41) is 1.77. The van der Waals surface area contributed by atoms with Gasteiger partial charge >= 0.3 is 0 Å². The lowest BCUT2D eigenvalue weighted by molar-refractivity contribution is 0.376. The number of nitrogens with zero attached hydrogens (tertiary/aromatic N) is 3. The van der Waals surface area contributed by atoms with Crippen molar-refractivity contribution in [1.29, 1.82) is 0 Å². The fourth-order valence-electron chi connectivity index (χ4n) is 4.12. The number of fused-ring (bicyclic) bond motifs is 1. The predicted octanol–water partition coefficient (Wildman–Crippen LogP) is 4.81. The van der Waals surface area contributed by atoms with Crippen LogP contribution >= 0.6 is 11.3 Å². The molecule has 0 saturated carbocycles. The van der Waals surface area contributed by atoms with Gasteiger partial charge in [-0.05, 0) is 42.5 Å². The number of halogens is 1. The Hall–Kier alpha value is -2.55. The van der Waals surface area contributed by atoms with Gasteiger partial charge in [-0.3, -0.25) is 0 Å². The van der Waals surface area contributed by atoms with E-state index in [1.807, 2.05) is 28.8 Å². The van der Waals surface area contributed by atoms with Crippen LogP contribution in [0.15, 0.2) is 70.3 Å². The summed E-state index contributed by atoms with van der Waals surface area (Å²) in [7, 11) is -3.60. The highest BCUT2D eigenvalue weighted by molar-refractivity contribution is 7.91. The second-order valence-electron chi connectivity index (χ2n) is 7.34. The highest BCUT2D eigenvalue weighted by Crippen LogP contribution is 2.38. The minimum Gasteiger partial charge on any atom is -0.322 e. The van der Waals surface area contributed by atoms with E-state index in [1.165, 1.54) is 17.4 Å². The van der Waals surface area contributed by atoms with E-state index in [-0.39, 0.29) is 11.9 Å². The number of thiophene rings is 1. The molecule has 0 unspecified atom stereocenters. The lowest BCUT2D eigenvalue weighted by Crippen LogP contribution is -2.31. The summed E-state index contributed by atoms with van der Waals surface area (Å²) in [5.41, 5.74) is 2.20. The quantitative estimate of drug-likeness (QED) is 0.447. The number of rotatable bonds is 5. The highest BCUT2D eigenvalue weighted by atomic mass is 32.2. The number of benzene rings is 2. The van der Waals surface area contributed by atoms with Gasteiger partial charge in [0.15, 0.2) is 0 Å². The number of hydrogen-bond acceptors (Lipinski definition) is 4. The van der Waals surface area contributed by atoms with Crippen LogP contribution in [0.3, 0.4) is 0 Å². The molecule has 0 radical (unpaired) electrons. The Morgan fingerprint density at radius 1 is 1.07 bits per heavy atom. The molecular weight excluding hydrogens is 421 g/mol. The molecule has 1 aliphatic heterocycles. The van der Waals surface area contributed by atoms with Crippen molar-refractivity contribution >= 4 is 32.4 Å². The van der Waals surface area contributed by atoms with Gasteiger partial charge in [0.25, 0.3) is 10.0 Å². The van der Waals surface area contributed by atoms with Crippen LogP contribution in [0.2, 0.25) is 0 Å². The summed E-state index contributed by atoms with van der Waals surface area (Å²) in [5.74, 6) is 0.382. The standard InChI is InChI=1S/C22H20FN3O2S2/c23-17-8-2-1-7-16(17)15-25-19-10-4-3-9-18(19)24-22(25)20-11-5-13-26(20)30(27,28)21-12-6-14-29-21/h1-4,6-10,12,14,20H,5,11,13,15H2/t20-/m0/s1. The zero-order valence-electron chi connectivity index (χ0n) is 16.1. The maximum Gasteiger partial charge on any atom is 0.253 e. The summed E-state index contributed by atoms with van der Waals surface area (Å²) >= 11 is 1.22. The molecule has 30 heavy (non-hydrogen) atoms. The normalized spacial score (nSPS) is 17.7. The van der Waals surface area contributed by atoms with Crippen LogP contribution in [0.25, 0.3) is 11.0 Å². The van der Waals surface area contributed by atoms with Gasteiger partial charge in [0.2, 0.25) is 0 Å². The molecule has 0 bridgehead atoms. The smallest absolute Gasteiger partial charge is 0.253 e. The van der Waals surface area contributed by atoms with E-state index >= 15 is 0 Å². The topological polar surface area (TPSA) is 55.2 Å². The summed E-state index contributed by atoms with van der Waals surface area (Å²) in [6.07, 6.45) is 1.45. The van der Waals surface area contributed by atoms with Crippen molar-refractivity contribution in [3.8, 4) is 0 Å². The van der Waals surface area contributed by atoms with Crippen molar-refractivity contribution < 1.29 is 12.8 Å². The second kappa shape index (κ2) is 7.61. The fourth-order valence-corrected chi connectivity index (χ4v) is 6.90. The third-order valence-electron chi connectivity index (χ3n) is 5.53. The molecule has 1 atom stereocenters. The maximum absolute atomic E-state index is 14.4. The Balaban J connectivity index is 1.63. The second-order valence-corrected chi connectivity index (χ2v) is 10.4. The van der Waals surface area contributed by atoms with Crippen molar-refractivity contribution in [2.75, 3.05) is 6.54 Å². The fraction of sp³-hybridized carbons (Fsp3) is 0.227. The van der Waals surface area contributed by atoms with E-state index in [4.69, 9.17) is 4.98 Å². The molecule has 4 aromatic rings. The van der Waals surface area contributed by atoms with Gasteiger partial charge < -0.3 is 4.57 Å². The van der Waals surface area contributed by atoms with E-state index in [1.54, 1.807) is 40.0 Å². The van der Waals surface area contributed by atoms with Gasteiger partial charge in [-0.1, -0.05) is 36.4 Å². The number of imidazole rings is 1. The molecule has 1 aliphatic rings. The highest BCUT2D eigenvalue weighted by Gasteiger charge is 2.39. The van der Waals surface area contributed by atoms with Crippen molar-refractivity contribution in [3.05, 3.63) is 83.2 Å². The van der Waals surface area contributed by atoms with Crippen LogP contribution < -0.4 is 0 Å².